The van der Waals surface area contributed by atoms with Gasteiger partial charge >= 0.3 is 0 Å². The Labute approximate surface area is 162 Å². The first-order valence-electron chi connectivity index (χ1n) is 9.65. The summed E-state index contributed by atoms with van der Waals surface area (Å²) in [5.41, 5.74) is 10.3. The maximum atomic E-state index is 11.6. The Morgan fingerprint density at radius 3 is 2.63 bits per heavy atom. The Bertz CT molecular complexity index is 780. The molecule has 3 rings (SSSR count). The molecule has 2 heterocycles. The number of allylic oxidation sites excluding steroid dienone is 2. The number of carbonyl (C=O) groups excluding carboxylic acids is 1. The number of fused-ring (bicyclic) bond motifs is 3. The first-order valence-corrected chi connectivity index (χ1v) is 9.65. The van der Waals surface area contributed by atoms with Crippen LogP contribution in [0.1, 0.15) is 63.4 Å². The second-order valence-corrected chi connectivity index (χ2v) is 8.62. The minimum atomic E-state index is -0.443. The van der Waals surface area contributed by atoms with Gasteiger partial charge in [-0.05, 0) is 77.6 Å². The van der Waals surface area contributed by atoms with E-state index in [4.69, 9.17) is 15.2 Å². The lowest BCUT2D eigenvalue weighted by Crippen LogP contribution is -2.48. The molecule has 2 atom stereocenters. The van der Waals surface area contributed by atoms with Crippen LogP contribution < -0.4 is 10.6 Å². The van der Waals surface area contributed by atoms with E-state index in [1.165, 1.54) is 11.1 Å². The van der Waals surface area contributed by atoms with Crippen LogP contribution in [0, 0.1) is 0 Å². The molecule has 0 radical (unpaired) electrons. The van der Waals surface area contributed by atoms with Crippen LogP contribution in [0.25, 0.3) is 0 Å². The van der Waals surface area contributed by atoms with E-state index in [0.717, 1.165) is 30.5 Å². The highest BCUT2D eigenvalue weighted by molar-refractivity contribution is 5.93. The molecule has 1 fully saturated rings. The lowest BCUT2D eigenvalue weighted by molar-refractivity contribution is -0.124. The Kier molecular flexibility index (Phi) is 5.12. The molecule has 2 aliphatic heterocycles. The predicted octanol–water partition coefficient (Wildman–Crippen LogP) is 3.80. The number of hydrogen-bond acceptors (Lipinski definition) is 4. The Morgan fingerprint density at radius 1 is 1.33 bits per heavy atom. The first kappa shape index (κ1) is 19.9. The van der Waals surface area contributed by atoms with Crippen molar-refractivity contribution in [2.75, 3.05) is 18.6 Å². The van der Waals surface area contributed by atoms with Gasteiger partial charge in [0.15, 0.2) is 0 Å². The van der Waals surface area contributed by atoms with Crippen molar-refractivity contribution < 1.29 is 14.3 Å². The van der Waals surface area contributed by atoms with Crippen molar-refractivity contribution in [1.82, 2.24) is 0 Å². The molecule has 0 saturated carbocycles. The van der Waals surface area contributed by atoms with Crippen molar-refractivity contribution in [3.05, 3.63) is 40.5 Å². The van der Waals surface area contributed by atoms with Gasteiger partial charge < -0.3 is 20.1 Å². The van der Waals surface area contributed by atoms with Crippen molar-refractivity contribution in [2.24, 2.45) is 5.73 Å². The summed E-state index contributed by atoms with van der Waals surface area (Å²) >= 11 is 0. The van der Waals surface area contributed by atoms with E-state index in [2.05, 4.69) is 39.5 Å². The van der Waals surface area contributed by atoms with Crippen molar-refractivity contribution in [1.29, 1.82) is 0 Å². The molecule has 0 unspecified atom stereocenters. The normalized spacial score (nSPS) is 25.3. The molecule has 2 N–H and O–H groups in total. The van der Waals surface area contributed by atoms with Gasteiger partial charge in [0.2, 0.25) is 5.91 Å². The topological polar surface area (TPSA) is 64.8 Å². The average Bonchev–Trinajstić information content (AvgIpc) is 3.07. The number of anilines is 1. The second kappa shape index (κ2) is 6.95. The van der Waals surface area contributed by atoms with E-state index in [0.29, 0.717) is 12.2 Å². The van der Waals surface area contributed by atoms with E-state index >= 15 is 0 Å². The van der Waals surface area contributed by atoms with Crippen LogP contribution in [-0.2, 0) is 15.9 Å². The summed E-state index contributed by atoms with van der Waals surface area (Å²) in [4.78, 5) is 14.0. The van der Waals surface area contributed by atoms with Crippen LogP contribution >= 0.6 is 0 Å². The van der Waals surface area contributed by atoms with Gasteiger partial charge in [0, 0.05) is 18.4 Å². The molecule has 0 bridgehead atoms. The van der Waals surface area contributed by atoms with Crippen LogP contribution in [0.3, 0.4) is 0 Å². The highest BCUT2D eigenvalue weighted by atomic mass is 16.6. The molecular weight excluding hydrogens is 340 g/mol. The fourth-order valence-electron chi connectivity index (χ4n) is 4.61. The maximum Gasteiger partial charge on any atom is 0.248 e. The van der Waals surface area contributed by atoms with Crippen LogP contribution in [0.15, 0.2) is 29.3 Å². The fraction of sp³-hybridized carbons (Fsp3) is 0.591. The van der Waals surface area contributed by atoms with Gasteiger partial charge in [0.1, 0.15) is 11.3 Å². The third-order valence-corrected chi connectivity index (χ3v) is 6.15. The summed E-state index contributed by atoms with van der Waals surface area (Å²) < 4.78 is 12.3. The fourth-order valence-corrected chi connectivity index (χ4v) is 4.61. The summed E-state index contributed by atoms with van der Waals surface area (Å²) in [5, 5.41) is 0. The molecule has 1 aromatic carbocycles. The number of methoxy groups -OCH3 is 1. The quantitative estimate of drug-likeness (QED) is 0.771. The Hall–Kier alpha value is -1.85. The third-order valence-electron chi connectivity index (χ3n) is 6.15. The van der Waals surface area contributed by atoms with E-state index < -0.39 is 5.72 Å². The van der Waals surface area contributed by atoms with Crippen LogP contribution in [0.4, 0.5) is 5.69 Å². The van der Waals surface area contributed by atoms with E-state index in [9.17, 15) is 4.79 Å². The highest BCUT2D eigenvalue weighted by Crippen LogP contribution is 2.51. The SMILES string of the molecule is COC[C@]1(CCC(C)=C(C)C)OC(C)(C)N2c3ccc(C(N)=O)cc3C[C@H]21. The number of hydrogen-bond donors (Lipinski definition) is 1. The number of benzene rings is 1. The van der Waals surface area contributed by atoms with Crippen molar-refractivity contribution in [3.8, 4) is 0 Å². The lowest BCUT2D eigenvalue weighted by atomic mass is 9.86. The molecular formula is C22H32N2O3. The Morgan fingerprint density at radius 2 is 2.04 bits per heavy atom. The average molecular weight is 373 g/mol. The summed E-state index contributed by atoms with van der Waals surface area (Å²) in [6.45, 7) is 11.3. The van der Waals surface area contributed by atoms with Crippen LogP contribution in [0.2, 0.25) is 0 Å². The van der Waals surface area contributed by atoms with Gasteiger partial charge in [-0.15, -0.1) is 0 Å². The van der Waals surface area contributed by atoms with E-state index in [1.807, 2.05) is 18.2 Å². The molecule has 5 heteroatoms. The summed E-state index contributed by atoms with van der Waals surface area (Å²) in [5.74, 6) is -0.386. The number of primary amides is 1. The molecule has 1 saturated heterocycles. The molecule has 2 aliphatic rings. The monoisotopic (exact) mass is 372 g/mol. The summed E-state index contributed by atoms with van der Waals surface area (Å²) in [6, 6.07) is 5.93. The third kappa shape index (κ3) is 3.39. The smallest absolute Gasteiger partial charge is 0.248 e. The second-order valence-electron chi connectivity index (χ2n) is 8.62. The maximum absolute atomic E-state index is 11.6. The van der Waals surface area contributed by atoms with Crippen LogP contribution in [-0.4, -0.2) is 37.0 Å². The van der Waals surface area contributed by atoms with Gasteiger partial charge in [0.05, 0.1) is 12.6 Å². The molecule has 1 amide bonds. The number of amides is 1. The van der Waals surface area contributed by atoms with Crippen molar-refractivity contribution in [2.45, 2.75) is 71.2 Å². The van der Waals surface area contributed by atoms with E-state index in [1.54, 1.807) is 7.11 Å². The molecule has 27 heavy (non-hydrogen) atoms. The van der Waals surface area contributed by atoms with E-state index in [-0.39, 0.29) is 17.6 Å². The van der Waals surface area contributed by atoms with Gasteiger partial charge in [-0.25, -0.2) is 0 Å². The highest BCUT2D eigenvalue weighted by Gasteiger charge is 2.59. The lowest BCUT2D eigenvalue weighted by Gasteiger charge is -2.33. The minimum Gasteiger partial charge on any atom is -0.382 e. The molecule has 0 aliphatic carbocycles. The standard InChI is InChI=1S/C22H32N2O3/c1-14(2)15(3)9-10-22(13-26-6)19-12-17-11-16(20(23)25)7-8-18(17)24(19)21(4,5)27-22/h7-8,11,19H,9-10,12-13H2,1-6H3,(H2,23,25)/t19-,22-/m0/s1. The number of ether oxygens (including phenoxy) is 2. The zero-order chi connectivity index (χ0) is 20.0. The number of nitrogens with zero attached hydrogens (tertiary/aromatic N) is 1. The van der Waals surface area contributed by atoms with Gasteiger partial charge in [0.25, 0.3) is 0 Å². The number of carbonyl (C=O) groups is 1. The molecule has 0 spiro atoms. The van der Waals surface area contributed by atoms with Gasteiger partial charge in [-0.2, -0.15) is 0 Å². The van der Waals surface area contributed by atoms with Gasteiger partial charge in [-0.1, -0.05) is 11.1 Å². The van der Waals surface area contributed by atoms with Crippen molar-refractivity contribution in [3.63, 3.8) is 0 Å². The first-order chi connectivity index (χ1) is 12.6. The van der Waals surface area contributed by atoms with Crippen LogP contribution in [0.5, 0.6) is 0 Å². The van der Waals surface area contributed by atoms with Crippen molar-refractivity contribution >= 4 is 11.6 Å². The predicted molar refractivity (Wildman–Crippen MR) is 108 cm³/mol. The zero-order valence-electron chi connectivity index (χ0n) is 17.4. The Balaban J connectivity index is 1.99. The molecule has 5 nitrogen and oxygen atoms in total. The summed E-state index contributed by atoms with van der Waals surface area (Å²) in [7, 11) is 1.74. The number of rotatable bonds is 6. The molecule has 148 valence electrons. The molecule has 1 aromatic rings. The largest absolute Gasteiger partial charge is 0.382 e. The van der Waals surface area contributed by atoms with Gasteiger partial charge in [-0.3, -0.25) is 4.79 Å². The molecule has 0 aromatic heterocycles. The minimum absolute atomic E-state index is 0.176. The zero-order valence-corrected chi connectivity index (χ0v) is 17.4. The number of nitrogens with two attached hydrogens (primary N) is 1. The summed E-state index contributed by atoms with van der Waals surface area (Å²) in [6.07, 6.45) is 2.71.